The van der Waals surface area contributed by atoms with Gasteiger partial charge in [0.1, 0.15) is 12.3 Å². The topological polar surface area (TPSA) is 47.4 Å². The van der Waals surface area contributed by atoms with Crippen LogP contribution in [0.4, 0.5) is 0 Å². The minimum absolute atomic E-state index is 0.117. The molecule has 1 heterocycles. The molecule has 0 saturated heterocycles. The fourth-order valence-electron chi connectivity index (χ4n) is 4.44. The zero-order valence-corrected chi connectivity index (χ0v) is 19.2. The second-order valence-corrected chi connectivity index (χ2v) is 8.92. The SMILES string of the molecule is Cc1cc(OC(C)c2nc3ccccc3n2CC(=O)N(C)C2CCCCC2)ccc1Cl. The summed E-state index contributed by atoms with van der Waals surface area (Å²) in [6.45, 7) is 4.18. The predicted octanol–water partition coefficient (Wildman–Crippen LogP) is 5.93. The lowest BCUT2D eigenvalue weighted by molar-refractivity contribution is -0.133. The van der Waals surface area contributed by atoms with Gasteiger partial charge in [0.15, 0.2) is 11.9 Å². The number of rotatable bonds is 6. The molecule has 1 aromatic heterocycles. The quantitative estimate of drug-likeness (QED) is 0.478. The van der Waals surface area contributed by atoms with Crippen molar-refractivity contribution in [1.29, 1.82) is 0 Å². The molecule has 1 atom stereocenters. The highest BCUT2D eigenvalue weighted by Gasteiger charge is 2.25. The Morgan fingerprint density at radius 3 is 2.71 bits per heavy atom. The molecular weight excluding hydrogens is 410 g/mol. The molecule has 1 unspecified atom stereocenters. The van der Waals surface area contributed by atoms with Crippen LogP contribution in [0.15, 0.2) is 42.5 Å². The number of halogens is 1. The van der Waals surface area contributed by atoms with E-state index in [2.05, 4.69) is 0 Å². The van der Waals surface area contributed by atoms with Gasteiger partial charge in [0.05, 0.1) is 11.0 Å². The highest BCUT2D eigenvalue weighted by Crippen LogP contribution is 2.28. The Labute approximate surface area is 189 Å². The van der Waals surface area contributed by atoms with Crippen molar-refractivity contribution in [2.75, 3.05) is 7.05 Å². The van der Waals surface area contributed by atoms with Gasteiger partial charge in [-0.1, -0.05) is 43.0 Å². The third-order valence-corrected chi connectivity index (χ3v) is 6.72. The summed E-state index contributed by atoms with van der Waals surface area (Å²) in [5, 5.41) is 0.712. The molecule has 164 valence electrons. The van der Waals surface area contributed by atoms with E-state index in [1.54, 1.807) is 0 Å². The lowest BCUT2D eigenvalue weighted by Gasteiger charge is -2.31. The molecule has 4 rings (SSSR count). The molecular formula is C25H30ClN3O2. The lowest BCUT2D eigenvalue weighted by atomic mass is 9.94. The van der Waals surface area contributed by atoms with Crippen molar-refractivity contribution in [2.45, 2.75) is 64.6 Å². The van der Waals surface area contributed by atoms with Crippen LogP contribution in [0.5, 0.6) is 5.75 Å². The van der Waals surface area contributed by atoms with E-state index in [9.17, 15) is 4.79 Å². The Hall–Kier alpha value is -2.53. The number of carbonyl (C=O) groups excluding carboxylic acids is 1. The average molecular weight is 440 g/mol. The van der Waals surface area contributed by atoms with Gasteiger partial charge in [-0.05, 0) is 62.6 Å². The second kappa shape index (κ2) is 9.31. The molecule has 6 heteroatoms. The number of hydrogen-bond acceptors (Lipinski definition) is 3. The van der Waals surface area contributed by atoms with Crippen molar-refractivity contribution in [3.63, 3.8) is 0 Å². The third-order valence-electron chi connectivity index (χ3n) is 6.30. The van der Waals surface area contributed by atoms with Gasteiger partial charge in [-0.3, -0.25) is 4.79 Å². The fraction of sp³-hybridized carbons (Fsp3) is 0.440. The normalized spacial score (nSPS) is 15.7. The molecule has 3 aromatic rings. The molecule has 0 aliphatic heterocycles. The Balaban J connectivity index is 1.60. The minimum Gasteiger partial charge on any atom is -0.483 e. The van der Waals surface area contributed by atoms with E-state index in [4.69, 9.17) is 21.3 Å². The summed E-state index contributed by atoms with van der Waals surface area (Å²) in [6.07, 6.45) is 5.54. The van der Waals surface area contributed by atoms with E-state index in [1.165, 1.54) is 19.3 Å². The summed E-state index contributed by atoms with van der Waals surface area (Å²) >= 11 is 6.15. The molecule has 1 saturated carbocycles. The first kappa shape index (κ1) is 21.7. The first-order valence-corrected chi connectivity index (χ1v) is 11.5. The molecule has 1 aliphatic carbocycles. The number of hydrogen-bond donors (Lipinski definition) is 0. The van der Waals surface area contributed by atoms with Gasteiger partial charge < -0.3 is 14.2 Å². The number of aromatic nitrogens is 2. The summed E-state index contributed by atoms with van der Waals surface area (Å²) in [6, 6.07) is 13.9. The lowest BCUT2D eigenvalue weighted by Crippen LogP contribution is -2.40. The molecule has 5 nitrogen and oxygen atoms in total. The van der Waals surface area contributed by atoms with Crippen molar-refractivity contribution >= 4 is 28.5 Å². The van der Waals surface area contributed by atoms with Crippen molar-refractivity contribution in [3.05, 3.63) is 58.9 Å². The number of para-hydroxylation sites is 2. The largest absolute Gasteiger partial charge is 0.483 e. The number of fused-ring (bicyclic) bond motifs is 1. The van der Waals surface area contributed by atoms with E-state index in [0.29, 0.717) is 11.1 Å². The summed E-state index contributed by atoms with van der Waals surface area (Å²) in [5.74, 6) is 1.60. The number of likely N-dealkylation sites (N-methyl/N-ethyl adjacent to an activating group) is 1. The van der Waals surface area contributed by atoms with Crippen LogP contribution >= 0.6 is 11.6 Å². The Morgan fingerprint density at radius 2 is 1.97 bits per heavy atom. The highest BCUT2D eigenvalue weighted by molar-refractivity contribution is 6.31. The zero-order valence-electron chi connectivity index (χ0n) is 18.5. The van der Waals surface area contributed by atoms with Crippen molar-refractivity contribution in [2.24, 2.45) is 0 Å². The van der Waals surface area contributed by atoms with Gasteiger partial charge in [-0.15, -0.1) is 0 Å². The monoisotopic (exact) mass is 439 g/mol. The smallest absolute Gasteiger partial charge is 0.242 e. The molecule has 31 heavy (non-hydrogen) atoms. The maximum atomic E-state index is 13.2. The Morgan fingerprint density at radius 1 is 1.23 bits per heavy atom. The number of amides is 1. The number of nitrogens with zero attached hydrogens (tertiary/aromatic N) is 3. The fourth-order valence-corrected chi connectivity index (χ4v) is 4.55. The van der Waals surface area contributed by atoms with Crippen molar-refractivity contribution in [3.8, 4) is 5.75 Å². The summed E-state index contributed by atoms with van der Waals surface area (Å²) in [7, 11) is 1.94. The van der Waals surface area contributed by atoms with Crippen LogP contribution in [-0.4, -0.2) is 33.4 Å². The molecule has 0 bridgehead atoms. The van der Waals surface area contributed by atoms with E-state index in [-0.39, 0.29) is 18.6 Å². The number of ether oxygens (including phenoxy) is 1. The van der Waals surface area contributed by atoms with Crippen LogP contribution in [0.3, 0.4) is 0 Å². The maximum absolute atomic E-state index is 13.2. The minimum atomic E-state index is -0.319. The van der Waals surface area contributed by atoms with Gasteiger partial charge in [0, 0.05) is 18.1 Å². The maximum Gasteiger partial charge on any atom is 0.242 e. The Kier molecular flexibility index (Phi) is 6.51. The zero-order chi connectivity index (χ0) is 22.0. The summed E-state index contributed by atoms with van der Waals surface area (Å²) in [5.41, 5.74) is 2.78. The first-order chi connectivity index (χ1) is 14.9. The van der Waals surface area contributed by atoms with E-state index in [1.807, 2.05) is 72.8 Å². The van der Waals surface area contributed by atoms with Crippen LogP contribution in [0.1, 0.15) is 56.5 Å². The standard InChI is InChI=1S/C25H30ClN3O2/c1-17-15-20(13-14-21(17)26)31-18(2)25-27-22-11-7-8-12-23(22)29(25)16-24(30)28(3)19-9-5-4-6-10-19/h7-8,11-15,18-19H,4-6,9-10,16H2,1-3H3. The molecule has 0 spiro atoms. The van der Waals surface area contributed by atoms with Crippen LogP contribution in [-0.2, 0) is 11.3 Å². The van der Waals surface area contributed by atoms with Crippen LogP contribution in [0.2, 0.25) is 5.02 Å². The van der Waals surface area contributed by atoms with Crippen LogP contribution in [0.25, 0.3) is 11.0 Å². The van der Waals surface area contributed by atoms with Gasteiger partial charge in [0.25, 0.3) is 0 Å². The second-order valence-electron chi connectivity index (χ2n) is 8.51. The number of imidazole rings is 1. The van der Waals surface area contributed by atoms with Gasteiger partial charge in [-0.2, -0.15) is 0 Å². The van der Waals surface area contributed by atoms with Crippen molar-refractivity contribution in [1.82, 2.24) is 14.5 Å². The van der Waals surface area contributed by atoms with Crippen LogP contribution in [0, 0.1) is 6.92 Å². The van der Waals surface area contributed by atoms with Gasteiger partial charge in [-0.25, -0.2) is 4.98 Å². The molecule has 2 aromatic carbocycles. The van der Waals surface area contributed by atoms with Crippen molar-refractivity contribution < 1.29 is 9.53 Å². The number of carbonyl (C=O) groups is 1. The van der Waals surface area contributed by atoms with Gasteiger partial charge >= 0.3 is 0 Å². The van der Waals surface area contributed by atoms with Gasteiger partial charge in [0.2, 0.25) is 5.91 Å². The van der Waals surface area contributed by atoms with E-state index >= 15 is 0 Å². The number of aryl methyl sites for hydroxylation is 1. The molecule has 0 N–H and O–H groups in total. The highest BCUT2D eigenvalue weighted by atomic mass is 35.5. The summed E-state index contributed by atoms with van der Waals surface area (Å²) < 4.78 is 8.20. The molecule has 1 fully saturated rings. The third kappa shape index (κ3) is 4.72. The van der Waals surface area contributed by atoms with Crippen LogP contribution < -0.4 is 4.74 Å². The number of benzene rings is 2. The van der Waals surface area contributed by atoms with E-state index < -0.39 is 0 Å². The van der Waals surface area contributed by atoms with E-state index in [0.717, 1.165) is 41.0 Å². The Bertz CT molecular complexity index is 1070. The predicted molar refractivity (Wildman–Crippen MR) is 125 cm³/mol. The average Bonchev–Trinajstić information content (AvgIpc) is 3.15. The summed E-state index contributed by atoms with van der Waals surface area (Å²) in [4.78, 5) is 19.9. The molecule has 0 radical (unpaired) electrons. The molecule has 1 amide bonds. The molecule has 1 aliphatic rings. The first-order valence-electron chi connectivity index (χ1n) is 11.1.